The van der Waals surface area contributed by atoms with Crippen molar-refractivity contribution in [3.8, 4) is 0 Å². The summed E-state index contributed by atoms with van der Waals surface area (Å²) in [5, 5.41) is 3.77. The Kier molecular flexibility index (Phi) is 1.63. The van der Waals surface area contributed by atoms with Gasteiger partial charge in [0, 0.05) is 11.7 Å². The summed E-state index contributed by atoms with van der Waals surface area (Å²) in [7, 11) is 0. The van der Waals surface area contributed by atoms with Crippen molar-refractivity contribution in [3.63, 3.8) is 0 Å². The molecule has 0 aromatic rings. The molecule has 15 heavy (non-hydrogen) atoms. The zero-order chi connectivity index (χ0) is 9.83. The highest BCUT2D eigenvalue weighted by molar-refractivity contribution is 5.36. The van der Waals surface area contributed by atoms with Crippen molar-refractivity contribution in [1.82, 2.24) is 5.32 Å². The highest BCUT2D eigenvalue weighted by Gasteiger charge is 2.37. The van der Waals surface area contributed by atoms with Crippen molar-refractivity contribution in [1.29, 1.82) is 0 Å². The van der Waals surface area contributed by atoms with Gasteiger partial charge in [0.05, 0.1) is 0 Å². The zero-order valence-electron chi connectivity index (χ0n) is 9.21. The highest BCUT2D eigenvalue weighted by Crippen LogP contribution is 2.45. The maximum atomic E-state index is 3.77. The van der Waals surface area contributed by atoms with Gasteiger partial charge in [0.25, 0.3) is 0 Å². The smallest absolute Gasteiger partial charge is 0.0475 e. The van der Waals surface area contributed by atoms with Crippen molar-refractivity contribution in [3.05, 3.63) is 23.4 Å². The quantitative estimate of drug-likeness (QED) is 0.740. The second-order valence-electron chi connectivity index (χ2n) is 5.82. The van der Waals surface area contributed by atoms with Crippen molar-refractivity contribution in [2.75, 3.05) is 0 Å². The fraction of sp³-hybridized carbons (Fsp3) is 0.714. The van der Waals surface area contributed by atoms with E-state index in [-0.39, 0.29) is 0 Å². The largest absolute Gasteiger partial charge is 0.382 e. The second-order valence-corrected chi connectivity index (χ2v) is 5.82. The van der Waals surface area contributed by atoms with Gasteiger partial charge in [-0.05, 0) is 67.9 Å². The fourth-order valence-electron chi connectivity index (χ4n) is 2.72. The molecule has 1 heterocycles. The van der Waals surface area contributed by atoms with Crippen molar-refractivity contribution < 1.29 is 0 Å². The molecule has 4 rings (SSSR count). The van der Waals surface area contributed by atoms with Crippen LogP contribution in [-0.4, -0.2) is 6.04 Å². The van der Waals surface area contributed by atoms with Gasteiger partial charge in [0.15, 0.2) is 0 Å². The summed E-state index contributed by atoms with van der Waals surface area (Å²) in [6, 6.07) is 0.696. The first-order valence-electron chi connectivity index (χ1n) is 6.60. The minimum Gasteiger partial charge on any atom is -0.382 e. The number of hydrogen-bond acceptors (Lipinski definition) is 1. The molecule has 1 N–H and O–H groups in total. The van der Waals surface area contributed by atoms with Crippen molar-refractivity contribution in [2.24, 2.45) is 17.8 Å². The molecule has 0 bridgehead atoms. The van der Waals surface area contributed by atoms with Gasteiger partial charge in [-0.25, -0.2) is 0 Å². The van der Waals surface area contributed by atoms with E-state index in [1.165, 1.54) is 38.5 Å². The van der Waals surface area contributed by atoms with E-state index in [4.69, 9.17) is 0 Å². The Hall–Kier alpha value is -0.720. The standard InChI is InChI=1S/C14H19N/c1-2-9(1)12-7-13(10-3-4-10)15-14(8-12)11-5-6-11/h7-11,13,15H,1-6H2. The first-order chi connectivity index (χ1) is 7.40. The normalized spacial score (nSPS) is 35.6. The fourth-order valence-corrected chi connectivity index (χ4v) is 2.72. The number of nitrogens with one attached hydrogen (secondary N) is 1. The van der Waals surface area contributed by atoms with Crippen molar-refractivity contribution in [2.45, 2.75) is 44.6 Å². The van der Waals surface area contributed by atoms with Crippen LogP contribution in [0.5, 0.6) is 0 Å². The Bertz CT molecular complexity index is 340. The summed E-state index contributed by atoms with van der Waals surface area (Å²) in [6.07, 6.45) is 13.7. The molecule has 1 unspecified atom stereocenters. The molecule has 3 saturated carbocycles. The molecule has 1 heteroatoms. The van der Waals surface area contributed by atoms with Crippen LogP contribution in [0, 0.1) is 17.8 Å². The minimum absolute atomic E-state index is 0.696. The highest BCUT2D eigenvalue weighted by atomic mass is 15.0. The maximum absolute atomic E-state index is 3.77. The third kappa shape index (κ3) is 1.62. The lowest BCUT2D eigenvalue weighted by Gasteiger charge is -2.24. The van der Waals surface area contributed by atoms with Gasteiger partial charge in [0.1, 0.15) is 0 Å². The van der Waals surface area contributed by atoms with E-state index in [9.17, 15) is 0 Å². The third-order valence-corrected chi connectivity index (χ3v) is 4.22. The maximum Gasteiger partial charge on any atom is 0.0475 e. The van der Waals surface area contributed by atoms with E-state index in [1.54, 1.807) is 11.3 Å². The van der Waals surface area contributed by atoms with Crippen LogP contribution in [0.1, 0.15) is 38.5 Å². The average molecular weight is 201 g/mol. The van der Waals surface area contributed by atoms with Gasteiger partial charge in [-0.2, -0.15) is 0 Å². The first kappa shape index (κ1) is 8.43. The predicted molar refractivity (Wildman–Crippen MR) is 61.3 cm³/mol. The molecule has 1 atom stereocenters. The van der Waals surface area contributed by atoms with Crippen LogP contribution in [0.3, 0.4) is 0 Å². The zero-order valence-corrected chi connectivity index (χ0v) is 9.21. The summed E-state index contributed by atoms with van der Waals surface area (Å²) in [6.45, 7) is 0. The van der Waals surface area contributed by atoms with E-state index in [2.05, 4.69) is 17.5 Å². The van der Waals surface area contributed by atoms with Gasteiger partial charge in [-0.1, -0.05) is 6.08 Å². The molecule has 0 saturated heterocycles. The third-order valence-electron chi connectivity index (χ3n) is 4.22. The molecule has 0 aromatic carbocycles. The molecule has 3 aliphatic carbocycles. The van der Waals surface area contributed by atoms with Crippen LogP contribution in [-0.2, 0) is 0 Å². The molecular weight excluding hydrogens is 182 g/mol. The van der Waals surface area contributed by atoms with Gasteiger partial charge in [-0.3, -0.25) is 0 Å². The Morgan fingerprint density at radius 1 is 0.933 bits per heavy atom. The Labute approximate surface area is 91.6 Å². The molecule has 1 aliphatic heterocycles. The number of rotatable bonds is 3. The van der Waals surface area contributed by atoms with Crippen LogP contribution in [0.15, 0.2) is 23.4 Å². The van der Waals surface area contributed by atoms with E-state index in [0.717, 1.165) is 17.8 Å². The average Bonchev–Trinajstić information content (AvgIpc) is 3.20. The topological polar surface area (TPSA) is 12.0 Å². The number of allylic oxidation sites excluding steroid dienone is 3. The van der Waals surface area contributed by atoms with E-state index in [1.807, 2.05) is 0 Å². The number of hydrogen-bond donors (Lipinski definition) is 1. The van der Waals surface area contributed by atoms with Crippen LogP contribution in [0.2, 0.25) is 0 Å². The first-order valence-corrected chi connectivity index (χ1v) is 6.60. The van der Waals surface area contributed by atoms with Gasteiger partial charge >= 0.3 is 0 Å². The molecule has 3 fully saturated rings. The Morgan fingerprint density at radius 2 is 1.67 bits per heavy atom. The summed E-state index contributed by atoms with van der Waals surface area (Å²) >= 11 is 0. The van der Waals surface area contributed by atoms with Gasteiger partial charge < -0.3 is 5.32 Å². The Morgan fingerprint density at radius 3 is 2.27 bits per heavy atom. The molecule has 0 amide bonds. The van der Waals surface area contributed by atoms with Gasteiger partial charge in [0.2, 0.25) is 0 Å². The predicted octanol–water partition coefficient (Wildman–Crippen LogP) is 3.00. The number of dihydropyridines is 1. The van der Waals surface area contributed by atoms with E-state index >= 15 is 0 Å². The van der Waals surface area contributed by atoms with Crippen LogP contribution in [0.25, 0.3) is 0 Å². The van der Waals surface area contributed by atoms with Crippen LogP contribution >= 0.6 is 0 Å². The minimum atomic E-state index is 0.696. The monoisotopic (exact) mass is 201 g/mol. The molecule has 0 spiro atoms. The van der Waals surface area contributed by atoms with E-state index in [0.29, 0.717) is 6.04 Å². The molecule has 80 valence electrons. The van der Waals surface area contributed by atoms with Gasteiger partial charge in [-0.15, -0.1) is 0 Å². The van der Waals surface area contributed by atoms with Crippen molar-refractivity contribution >= 4 is 0 Å². The summed E-state index contributed by atoms with van der Waals surface area (Å²) in [5.74, 6) is 2.79. The molecule has 0 aromatic heterocycles. The summed E-state index contributed by atoms with van der Waals surface area (Å²) in [5.41, 5.74) is 3.25. The molecule has 4 aliphatic rings. The lowest BCUT2D eigenvalue weighted by Crippen LogP contribution is -2.32. The molecule has 0 radical (unpaired) electrons. The summed E-state index contributed by atoms with van der Waals surface area (Å²) < 4.78 is 0. The Balaban J connectivity index is 1.61. The van der Waals surface area contributed by atoms with Crippen LogP contribution < -0.4 is 5.32 Å². The molecule has 1 nitrogen and oxygen atoms in total. The van der Waals surface area contributed by atoms with E-state index < -0.39 is 0 Å². The second kappa shape index (κ2) is 2.90. The van der Waals surface area contributed by atoms with Crippen LogP contribution in [0.4, 0.5) is 0 Å². The molecular formula is C14H19N. The lowest BCUT2D eigenvalue weighted by atomic mass is 9.98. The summed E-state index contributed by atoms with van der Waals surface area (Å²) in [4.78, 5) is 0. The lowest BCUT2D eigenvalue weighted by molar-refractivity contribution is 0.563. The SMILES string of the molecule is C1=C(C2CC2)C=C(C2CC2)NC1C1CC1.